The largest absolute Gasteiger partial charge is 0.493 e. The number of rotatable bonds is 7. The van der Waals surface area contributed by atoms with Crippen molar-refractivity contribution in [2.75, 3.05) is 17.2 Å². The maximum Gasteiger partial charge on any atom is 0.259 e. The molecule has 3 rings (SSSR count). The number of carbonyl (C=O) groups excluding carboxylic acids is 2. The van der Waals surface area contributed by atoms with Gasteiger partial charge in [0.05, 0.1) is 18.6 Å². The molecule has 29 heavy (non-hydrogen) atoms. The van der Waals surface area contributed by atoms with Gasteiger partial charge in [-0.15, -0.1) is 0 Å². The SMILES string of the molecule is CCOc1ccc(Br)cc1C(=O)Nc1cccc(NC(=O)Cc2ccccc2)c1. The summed E-state index contributed by atoms with van der Waals surface area (Å²) >= 11 is 3.38. The highest BCUT2D eigenvalue weighted by molar-refractivity contribution is 9.10. The van der Waals surface area contributed by atoms with Gasteiger partial charge in [0, 0.05) is 15.8 Å². The van der Waals surface area contributed by atoms with Crippen molar-refractivity contribution in [3.8, 4) is 5.75 Å². The van der Waals surface area contributed by atoms with E-state index >= 15 is 0 Å². The zero-order valence-corrected chi connectivity index (χ0v) is 17.5. The van der Waals surface area contributed by atoms with Crippen molar-refractivity contribution in [1.82, 2.24) is 0 Å². The quantitative estimate of drug-likeness (QED) is 0.512. The molecule has 2 amide bonds. The van der Waals surface area contributed by atoms with E-state index in [0.717, 1.165) is 10.0 Å². The topological polar surface area (TPSA) is 67.4 Å². The highest BCUT2D eigenvalue weighted by Gasteiger charge is 2.14. The predicted octanol–water partition coefficient (Wildman–Crippen LogP) is 5.28. The Kier molecular flexibility index (Phi) is 7.03. The van der Waals surface area contributed by atoms with Crippen molar-refractivity contribution in [2.24, 2.45) is 0 Å². The number of nitrogens with one attached hydrogen (secondary N) is 2. The zero-order valence-electron chi connectivity index (χ0n) is 15.9. The maximum absolute atomic E-state index is 12.7. The number of hydrogen-bond donors (Lipinski definition) is 2. The third-order valence-electron chi connectivity index (χ3n) is 4.10. The fourth-order valence-corrected chi connectivity index (χ4v) is 3.18. The highest BCUT2D eigenvalue weighted by Crippen LogP contribution is 2.25. The summed E-state index contributed by atoms with van der Waals surface area (Å²) in [5.41, 5.74) is 2.56. The van der Waals surface area contributed by atoms with Crippen LogP contribution in [0.3, 0.4) is 0 Å². The van der Waals surface area contributed by atoms with Gasteiger partial charge in [-0.05, 0) is 48.9 Å². The van der Waals surface area contributed by atoms with Crippen molar-refractivity contribution in [1.29, 1.82) is 0 Å². The molecule has 0 aliphatic heterocycles. The van der Waals surface area contributed by atoms with Crippen molar-refractivity contribution in [3.05, 3.63) is 88.4 Å². The van der Waals surface area contributed by atoms with E-state index in [2.05, 4.69) is 26.6 Å². The van der Waals surface area contributed by atoms with Crippen molar-refractivity contribution in [2.45, 2.75) is 13.3 Å². The Morgan fingerprint density at radius 3 is 2.34 bits per heavy atom. The second-order valence-corrected chi connectivity index (χ2v) is 7.23. The number of carbonyl (C=O) groups is 2. The normalized spacial score (nSPS) is 10.3. The van der Waals surface area contributed by atoms with Crippen LogP contribution in [0.5, 0.6) is 5.75 Å². The standard InChI is InChI=1S/C23H21BrN2O3/c1-2-29-21-12-11-17(24)14-20(21)23(28)26-19-10-6-9-18(15-19)25-22(27)13-16-7-4-3-5-8-16/h3-12,14-15H,2,13H2,1H3,(H,25,27)(H,26,28). The van der Waals surface area contributed by atoms with Crippen LogP contribution in [0.4, 0.5) is 11.4 Å². The maximum atomic E-state index is 12.7. The fraction of sp³-hybridized carbons (Fsp3) is 0.130. The Morgan fingerprint density at radius 2 is 1.62 bits per heavy atom. The molecular formula is C23H21BrN2O3. The van der Waals surface area contributed by atoms with E-state index in [-0.39, 0.29) is 18.2 Å². The average molecular weight is 453 g/mol. The minimum Gasteiger partial charge on any atom is -0.493 e. The lowest BCUT2D eigenvalue weighted by atomic mass is 10.1. The van der Waals surface area contributed by atoms with Gasteiger partial charge in [-0.3, -0.25) is 9.59 Å². The number of amides is 2. The first-order valence-corrected chi connectivity index (χ1v) is 10.0. The molecule has 148 valence electrons. The Morgan fingerprint density at radius 1 is 0.897 bits per heavy atom. The van der Waals surface area contributed by atoms with E-state index in [9.17, 15) is 9.59 Å². The lowest BCUT2D eigenvalue weighted by molar-refractivity contribution is -0.115. The lowest BCUT2D eigenvalue weighted by Gasteiger charge is -2.12. The number of halogens is 1. The molecule has 0 bridgehead atoms. The van der Waals surface area contributed by atoms with E-state index in [4.69, 9.17) is 4.74 Å². The molecule has 0 unspecified atom stereocenters. The molecule has 0 radical (unpaired) electrons. The summed E-state index contributed by atoms with van der Waals surface area (Å²) in [5.74, 6) is 0.105. The van der Waals surface area contributed by atoms with Crippen LogP contribution in [0.1, 0.15) is 22.8 Å². The molecule has 0 aliphatic carbocycles. The molecule has 0 saturated heterocycles. The summed E-state index contributed by atoms with van der Waals surface area (Å²) in [6.07, 6.45) is 0.285. The third kappa shape index (κ3) is 5.93. The van der Waals surface area contributed by atoms with Crippen LogP contribution in [-0.4, -0.2) is 18.4 Å². The van der Waals surface area contributed by atoms with Gasteiger partial charge in [-0.2, -0.15) is 0 Å². The zero-order chi connectivity index (χ0) is 20.6. The van der Waals surface area contributed by atoms with Crippen LogP contribution >= 0.6 is 15.9 Å². The van der Waals surface area contributed by atoms with Crippen LogP contribution in [0, 0.1) is 0 Å². The summed E-state index contributed by atoms with van der Waals surface area (Å²) in [6, 6.07) is 21.9. The summed E-state index contributed by atoms with van der Waals surface area (Å²) in [6.45, 7) is 2.33. The number of benzene rings is 3. The van der Waals surface area contributed by atoms with Crippen LogP contribution in [-0.2, 0) is 11.2 Å². The molecule has 3 aromatic rings. The molecule has 0 aromatic heterocycles. The number of hydrogen-bond acceptors (Lipinski definition) is 3. The number of ether oxygens (including phenoxy) is 1. The Balaban J connectivity index is 1.69. The number of anilines is 2. The van der Waals surface area contributed by atoms with Crippen molar-refractivity contribution < 1.29 is 14.3 Å². The van der Waals surface area contributed by atoms with E-state index in [1.54, 1.807) is 36.4 Å². The molecule has 6 heteroatoms. The van der Waals surface area contributed by atoms with Gasteiger partial charge in [0.25, 0.3) is 5.91 Å². The van der Waals surface area contributed by atoms with Crippen LogP contribution in [0.15, 0.2) is 77.3 Å². The minimum atomic E-state index is -0.289. The average Bonchev–Trinajstić information content (AvgIpc) is 2.70. The fourth-order valence-electron chi connectivity index (χ4n) is 2.82. The molecule has 0 spiro atoms. The highest BCUT2D eigenvalue weighted by atomic mass is 79.9. The minimum absolute atomic E-state index is 0.120. The molecule has 5 nitrogen and oxygen atoms in total. The van der Waals surface area contributed by atoms with Gasteiger partial charge in [-0.25, -0.2) is 0 Å². The van der Waals surface area contributed by atoms with Crippen LogP contribution < -0.4 is 15.4 Å². The predicted molar refractivity (Wildman–Crippen MR) is 118 cm³/mol. The Hall–Kier alpha value is -3.12. The monoisotopic (exact) mass is 452 g/mol. The first-order valence-electron chi connectivity index (χ1n) is 9.22. The second kappa shape index (κ2) is 9.89. The summed E-state index contributed by atoms with van der Waals surface area (Å²) in [4.78, 5) is 25.0. The summed E-state index contributed by atoms with van der Waals surface area (Å²) in [7, 11) is 0. The van der Waals surface area contributed by atoms with Gasteiger partial charge in [0.15, 0.2) is 0 Å². The molecule has 0 aliphatic rings. The third-order valence-corrected chi connectivity index (χ3v) is 4.59. The molecule has 0 atom stereocenters. The van der Waals surface area contributed by atoms with Gasteiger partial charge >= 0.3 is 0 Å². The van der Waals surface area contributed by atoms with E-state index < -0.39 is 0 Å². The second-order valence-electron chi connectivity index (χ2n) is 6.32. The molecule has 0 heterocycles. The van der Waals surface area contributed by atoms with Gasteiger partial charge in [-0.1, -0.05) is 52.3 Å². The van der Waals surface area contributed by atoms with E-state index in [0.29, 0.717) is 29.3 Å². The smallest absolute Gasteiger partial charge is 0.259 e. The Labute approximate surface area is 178 Å². The first kappa shape index (κ1) is 20.6. The lowest BCUT2D eigenvalue weighted by Crippen LogP contribution is -2.16. The van der Waals surface area contributed by atoms with Crippen LogP contribution in [0.2, 0.25) is 0 Å². The Bertz CT molecular complexity index is 1010. The van der Waals surface area contributed by atoms with Gasteiger partial charge in [0.2, 0.25) is 5.91 Å². The van der Waals surface area contributed by atoms with Crippen LogP contribution in [0.25, 0.3) is 0 Å². The molecule has 2 N–H and O–H groups in total. The van der Waals surface area contributed by atoms with Crippen molar-refractivity contribution >= 4 is 39.1 Å². The van der Waals surface area contributed by atoms with E-state index in [1.165, 1.54) is 0 Å². The molecular weight excluding hydrogens is 432 g/mol. The summed E-state index contributed by atoms with van der Waals surface area (Å²) < 4.78 is 6.33. The van der Waals surface area contributed by atoms with Crippen molar-refractivity contribution in [3.63, 3.8) is 0 Å². The molecule has 3 aromatic carbocycles. The first-order chi connectivity index (χ1) is 14.0. The molecule has 0 fully saturated rings. The van der Waals surface area contributed by atoms with Gasteiger partial charge in [0.1, 0.15) is 5.75 Å². The molecule has 0 saturated carbocycles. The van der Waals surface area contributed by atoms with Gasteiger partial charge < -0.3 is 15.4 Å². The summed E-state index contributed by atoms with van der Waals surface area (Å²) in [5, 5.41) is 5.72. The van der Waals surface area contributed by atoms with E-state index in [1.807, 2.05) is 43.3 Å².